The highest BCUT2D eigenvalue weighted by atomic mass is 35.5. The van der Waals surface area contributed by atoms with E-state index >= 15 is 0 Å². The molecule has 2 rings (SSSR count). The summed E-state index contributed by atoms with van der Waals surface area (Å²) in [6.07, 6.45) is 3.35. The zero-order valence-corrected chi connectivity index (χ0v) is 13.4. The second-order valence-corrected chi connectivity index (χ2v) is 5.88. The van der Waals surface area contributed by atoms with Gasteiger partial charge < -0.3 is 10.6 Å². The second-order valence-electron chi connectivity index (χ2n) is 4.39. The molecule has 1 heterocycles. The highest BCUT2D eigenvalue weighted by Gasteiger charge is 2.09. The Bertz CT molecular complexity index is 680. The van der Waals surface area contributed by atoms with Crippen LogP contribution < -0.4 is 10.6 Å². The number of aromatic nitrogens is 1. The number of anilines is 2. The molecular formula is C15H14ClN3O2S. The van der Waals surface area contributed by atoms with Crippen LogP contribution in [0.15, 0.2) is 47.6 Å². The van der Waals surface area contributed by atoms with E-state index in [9.17, 15) is 9.59 Å². The second kappa shape index (κ2) is 7.82. The lowest BCUT2D eigenvalue weighted by Gasteiger charge is -2.11. The Hall–Kier alpha value is -2.05. The molecule has 0 aliphatic carbocycles. The Balaban J connectivity index is 2.01. The quantitative estimate of drug-likeness (QED) is 0.821. The standard InChI is InChI=1S/C15H14ClN3O2S/c1-10(20)18-13-3-2-11(16)8-14(13)19-15(21)9-22-12-4-6-17-7-5-12/h2-8H,9H2,1H3,(H,18,20)(H,19,21). The zero-order chi connectivity index (χ0) is 15.9. The number of pyridine rings is 1. The van der Waals surface area contributed by atoms with Gasteiger partial charge in [0.15, 0.2) is 0 Å². The van der Waals surface area contributed by atoms with Crippen LogP contribution in [0.1, 0.15) is 6.92 Å². The van der Waals surface area contributed by atoms with Crippen LogP contribution in [0.5, 0.6) is 0 Å². The lowest BCUT2D eigenvalue weighted by atomic mass is 10.2. The van der Waals surface area contributed by atoms with Crippen molar-refractivity contribution in [3.05, 3.63) is 47.7 Å². The molecule has 1 aromatic heterocycles. The predicted molar refractivity (Wildman–Crippen MR) is 89.3 cm³/mol. The van der Waals surface area contributed by atoms with E-state index in [0.29, 0.717) is 16.4 Å². The van der Waals surface area contributed by atoms with Crippen LogP contribution in [0.3, 0.4) is 0 Å². The van der Waals surface area contributed by atoms with Crippen LogP contribution in [-0.4, -0.2) is 22.6 Å². The summed E-state index contributed by atoms with van der Waals surface area (Å²) < 4.78 is 0. The first-order chi connectivity index (χ1) is 10.5. The van der Waals surface area contributed by atoms with Gasteiger partial charge in [-0.1, -0.05) is 11.6 Å². The molecule has 7 heteroatoms. The molecule has 114 valence electrons. The number of benzene rings is 1. The van der Waals surface area contributed by atoms with Gasteiger partial charge in [-0.2, -0.15) is 0 Å². The molecule has 0 radical (unpaired) electrons. The summed E-state index contributed by atoms with van der Waals surface area (Å²) in [5.74, 6) is -0.157. The first-order valence-electron chi connectivity index (χ1n) is 6.44. The fraction of sp³-hybridized carbons (Fsp3) is 0.133. The Morgan fingerprint density at radius 1 is 1.14 bits per heavy atom. The number of hydrogen-bond acceptors (Lipinski definition) is 4. The fourth-order valence-corrected chi connectivity index (χ4v) is 2.54. The van der Waals surface area contributed by atoms with Gasteiger partial charge in [-0.05, 0) is 30.3 Å². The molecule has 5 nitrogen and oxygen atoms in total. The molecule has 0 aliphatic rings. The maximum atomic E-state index is 12.0. The van der Waals surface area contributed by atoms with E-state index in [-0.39, 0.29) is 17.6 Å². The lowest BCUT2D eigenvalue weighted by Crippen LogP contribution is -2.16. The van der Waals surface area contributed by atoms with Crippen molar-refractivity contribution in [2.24, 2.45) is 0 Å². The number of nitrogens with one attached hydrogen (secondary N) is 2. The first-order valence-corrected chi connectivity index (χ1v) is 7.81. The van der Waals surface area contributed by atoms with Crippen LogP contribution in [-0.2, 0) is 9.59 Å². The van der Waals surface area contributed by atoms with Gasteiger partial charge in [0.2, 0.25) is 11.8 Å². The van der Waals surface area contributed by atoms with Gasteiger partial charge in [-0.25, -0.2) is 0 Å². The van der Waals surface area contributed by atoms with Crippen molar-refractivity contribution < 1.29 is 9.59 Å². The molecule has 1 aromatic carbocycles. The highest BCUT2D eigenvalue weighted by molar-refractivity contribution is 8.00. The van der Waals surface area contributed by atoms with Crippen molar-refractivity contribution in [2.75, 3.05) is 16.4 Å². The minimum Gasteiger partial charge on any atom is -0.325 e. The number of thioether (sulfide) groups is 1. The molecule has 2 N–H and O–H groups in total. The van der Waals surface area contributed by atoms with Gasteiger partial charge in [-0.3, -0.25) is 14.6 Å². The molecular weight excluding hydrogens is 322 g/mol. The molecule has 0 aliphatic heterocycles. The summed E-state index contributed by atoms with van der Waals surface area (Å²) in [4.78, 5) is 28.1. The van der Waals surface area contributed by atoms with E-state index in [4.69, 9.17) is 11.6 Å². The summed E-state index contributed by atoms with van der Waals surface area (Å²) >= 11 is 7.33. The molecule has 22 heavy (non-hydrogen) atoms. The van der Waals surface area contributed by atoms with Gasteiger partial charge in [0.1, 0.15) is 0 Å². The van der Waals surface area contributed by atoms with Crippen molar-refractivity contribution in [3.63, 3.8) is 0 Å². The summed E-state index contributed by atoms with van der Waals surface area (Å²) in [6, 6.07) is 8.56. The molecule has 0 spiro atoms. The van der Waals surface area contributed by atoms with Crippen molar-refractivity contribution in [1.82, 2.24) is 4.98 Å². The molecule has 0 bridgehead atoms. The third-order valence-electron chi connectivity index (χ3n) is 2.59. The molecule has 2 aromatic rings. The Labute approximate surface area is 137 Å². The van der Waals surface area contributed by atoms with E-state index in [2.05, 4.69) is 15.6 Å². The average molecular weight is 336 g/mol. The summed E-state index contributed by atoms with van der Waals surface area (Å²) in [5, 5.41) is 5.88. The van der Waals surface area contributed by atoms with Crippen molar-refractivity contribution in [1.29, 1.82) is 0 Å². The normalized spacial score (nSPS) is 10.1. The smallest absolute Gasteiger partial charge is 0.234 e. The Morgan fingerprint density at radius 3 is 2.55 bits per heavy atom. The van der Waals surface area contributed by atoms with Crippen LogP contribution in [0.25, 0.3) is 0 Å². The maximum Gasteiger partial charge on any atom is 0.234 e. The van der Waals surface area contributed by atoms with Gasteiger partial charge in [-0.15, -0.1) is 11.8 Å². The monoisotopic (exact) mass is 335 g/mol. The van der Waals surface area contributed by atoms with E-state index in [1.54, 1.807) is 30.6 Å². The Morgan fingerprint density at radius 2 is 1.86 bits per heavy atom. The molecule has 0 saturated heterocycles. The van der Waals surface area contributed by atoms with Crippen molar-refractivity contribution in [2.45, 2.75) is 11.8 Å². The van der Waals surface area contributed by atoms with Crippen molar-refractivity contribution >= 4 is 46.6 Å². The molecule has 0 saturated carbocycles. The number of nitrogens with zero attached hydrogens (tertiary/aromatic N) is 1. The van der Waals surface area contributed by atoms with Gasteiger partial charge in [0.05, 0.1) is 17.1 Å². The maximum absolute atomic E-state index is 12.0. The van der Waals surface area contributed by atoms with Crippen LogP contribution in [0.4, 0.5) is 11.4 Å². The van der Waals surface area contributed by atoms with Crippen LogP contribution >= 0.6 is 23.4 Å². The molecule has 0 atom stereocenters. The third-order valence-corrected chi connectivity index (χ3v) is 3.83. The van der Waals surface area contributed by atoms with E-state index < -0.39 is 0 Å². The van der Waals surface area contributed by atoms with Gasteiger partial charge in [0.25, 0.3) is 0 Å². The number of hydrogen-bond donors (Lipinski definition) is 2. The third kappa shape index (κ3) is 5.05. The van der Waals surface area contributed by atoms with E-state index in [1.165, 1.54) is 18.7 Å². The van der Waals surface area contributed by atoms with E-state index in [1.807, 2.05) is 12.1 Å². The number of carbonyl (C=O) groups is 2. The lowest BCUT2D eigenvalue weighted by molar-refractivity contribution is -0.115. The fourth-order valence-electron chi connectivity index (χ4n) is 1.69. The zero-order valence-electron chi connectivity index (χ0n) is 11.8. The van der Waals surface area contributed by atoms with E-state index in [0.717, 1.165) is 4.90 Å². The minimum absolute atomic E-state index is 0.185. The largest absolute Gasteiger partial charge is 0.325 e. The van der Waals surface area contributed by atoms with Gasteiger partial charge >= 0.3 is 0 Å². The number of carbonyl (C=O) groups excluding carboxylic acids is 2. The first kappa shape index (κ1) is 16.3. The van der Waals surface area contributed by atoms with Crippen LogP contribution in [0.2, 0.25) is 5.02 Å². The highest BCUT2D eigenvalue weighted by Crippen LogP contribution is 2.26. The van der Waals surface area contributed by atoms with Crippen molar-refractivity contribution in [3.8, 4) is 0 Å². The SMILES string of the molecule is CC(=O)Nc1ccc(Cl)cc1NC(=O)CSc1ccncc1. The summed E-state index contributed by atoms with van der Waals surface area (Å²) in [6.45, 7) is 1.40. The molecule has 0 fully saturated rings. The average Bonchev–Trinajstić information content (AvgIpc) is 2.49. The molecule has 2 amide bonds. The van der Waals surface area contributed by atoms with Crippen LogP contribution in [0, 0.1) is 0 Å². The summed E-state index contributed by atoms with van der Waals surface area (Å²) in [5.41, 5.74) is 0.988. The number of amides is 2. The minimum atomic E-state index is -0.219. The predicted octanol–water partition coefficient (Wildman–Crippen LogP) is 3.42. The topological polar surface area (TPSA) is 71.1 Å². The number of halogens is 1. The summed E-state index contributed by atoms with van der Waals surface area (Å²) in [7, 11) is 0. The Kier molecular flexibility index (Phi) is 5.80. The van der Waals surface area contributed by atoms with Gasteiger partial charge in [0, 0.05) is 29.2 Å². The molecule has 0 unspecified atom stereocenters. The number of rotatable bonds is 5.